The number of carboxylic acids is 1. The first kappa shape index (κ1) is 16.1. The van der Waals surface area contributed by atoms with E-state index < -0.39 is 23.4 Å². The van der Waals surface area contributed by atoms with Crippen molar-refractivity contribution < 1.29 is 19.7 Å². The van der Waals surface area contributed by atoms with Crippen LogP contribution in [-0.2, 0) is 9.53 Å². The molecule has 1 heterocycles. The van der Waals surface area contributed by atoms with E-state index in [0.29, 0.717) is 19.4 Å². The monoisotopic (exact) mass is 271 g/mol. The Labute approximate surface area is 114 Å². The van der Waals surface area contributed by atoms with Gasteiger partial charge in [0.05, 0.1) is 11.0 Å². The number of piperidine rings is 1. The number of aliphatic hydroxyl groups excluding tert-OH is 1. The van der Waals surface area contributed by atoms with Gasteiger partial charge in [0.1, 0.15) is 0 Å². The van der Waals surface area contributed by atoms with E-state index in [9.17, 15) is 15.0 Å². The number of rotatable bonds is 5. The van der Waals surface area contributed by atoms with E-state index >= 15 is 0 Å². The largest absolute Gasteiger partial charge is 0.481 e. The van der Waals surface area contributed by atoms with Crippen molar-refractivity contribution in [2.24, 2.45) is 5.41 Å². The molecule has 0 amide bonds. The Balaban J connectivity index is 2.77. The summed E-state index contributed by atoms with van der Waals surface area (Å²) in [5.74, 6) is -0.833. The first-order valence-corrected chi connectivity index (χ1v) is 6.64. The first-order valence-electron chi connectivity index (χ1n) is 6.64. The van der Waals surface area contributed by atoms with Crippen LogP contribution in [0.4, 0.5) is 0 Å². The van der Waals surface area contributed by atoms with Gasteiger partial charge in [-0.3, -0.25) is 9.69 Å². The van der Waals surface area contributed by atoms with Crippen LogP contribution in [0.1, 0.15) is 40.0 Å². The van der Waals surface area contributed by atoms with Crippen molar-refractivity contribution in [1.29, 1.82) is 0 Å². The van der Waals surface area contributed by atoms with Gasteiger partial charge < -0.3 is 14.9 Å². The fourth-order valence-electron chi connectivity index (χ4n) is 2.45. The molecule has 19 heavy (non-hydrogen) atoms. The Morgan fingerprint density at radius 3 is 2.68 bits per heavy atom. The normalized spacial score (nSPS) is 26.9. The summed E-state index contributed by atoms with van der Waals surface area (Å²) < 4.78 is 5.49. The van der Waals surface area contributed by atoms with Crippen LogP contribution in [0, 0.1) is 5.41 Å². The average molecular weight is 271 g/mol. The van der Waals surface area contributed by atoms with Crippen molar-refractivity contribution >= 4 is 5.97 Å². The maximum Gasteiger partial charge on any atom is 0.311 e. The number of likely N-dealkylation sites (tertiary alicyclic amines) is 1. The van der Waals surface area contributed by atoms with Gasteiger partial charge in [0.15, 0.2) is 0 Å². The number of allylic oxidation sites excluding steroid dienone is 1. The van der Waals surface area contributed by atoms with E-state index in [1.807, 2.05) is 20.8 Å². The lowest BCUT2D eigenvalue weighted by Crippen LogP contribution is -2.53. The van der Waals surface area contributed by atoms with Gasteiger partial charge in [-0.05, 0) is 40.0 Å². The molecule has 0 aliphatic carbocycles. The maximum absolute atomic E-state index is 11.5. The SMILES string of the molecule is C=CCC1(C(=O)O)CCCN(C(O)OC(C)(C)C)C1. The molecule has 5 nitrogen and oxygen atoms in total. The van der Waals surface area contributed by atoms with Crippen LogP contribution >= 0.6 is 0 Å². The second-order valence-electron chi connectivity index (χ2n) is 6.21. The van der Waals surface area contributed by atoms with Gasteiger partial charge >= 0.3 is 5.97 Å². The van der Waals surface area contributed by atoms with Crippen molar-refractivity contribution in [2.75, 3.05) is 13.1 Å². The van der Waals surface area contributed by atoms with E-state index in [4.69, 9.17) is 4.74 Å². The van der Waals surface area contributed by atoms with E-state index in [-0.39, 0.29) is 6.54 Å². The van der Waals surface area contributed by atoms with Crippen molar-refractivity contribution in [3.05, 3.63) is 12.7 Å². The molecular formula is C14H25NO4. The molecule has 0 bridgehead atoms. The minimum absolute atomic E-state index is 0.283. The number of carboxylic acid groups (broad SMARTS) is 1. The number of hydrogen-bond donors (Lipinski definition) is 2. The van der Waals surface area contributed by atoms with Gasteiger partial charge in [-0.15, -0.1) is 6.58 Å². The summed E-state index contributed by atoms with van der Waals surface area (Å²) in [6, 6.07) is 0. The summed E-state index contributed by atoms with van der Waals surface area (Å²) in [7, 11) is 0. The highest BCUT2D eigenvalue weighted by atomic mass is 16.6. The Bertz CT molecular complexity index is 337. The number of aliphatic carboxylic acids is 1. The van der Waals surface area contributed by atoms with Gasteiger partial charge in [0, 0.05) is 13.1 Å². The topological polar surface area (TPSA) is 70.0 Å². The van der Waals surface area contributed by atoms with Gasteiger partial charge in [-0.1, -0.05) is 6.08 Å². The lowest BCUT2D eigenvalue weighted by Gasteiger charge is -2.42. The van der Waals surface area contributed by atoms with E-state index in [0.717, 1.165) is 6.42 Å². The molecule has 0 aromatic carbocycles. The lowest BCUT2D eigenvalue weighted by atomic mass is 9.77. The van der Waals surface area contributed by atoms with Crippen molar-refractivity contribution in [1.82, 2.24) is 4.90 Å². The maximum atomic E-state index is 11.5. The van der Waals surface area contributed by atoms with Gasteiger partial charge in [0.25, 0.3) is 0 Å². The van der Waals surface area contributed by atoms with Crippen LogP contribution in [0.5, 0.6) is 0 Å². The molecule has 1 saturated heterocycles. The van der Waals surface area contributed by atoms with Crippen LogP contribution in [0.15, 0.2) is 12.7 Å². The van der Waals surface area contributed by atoms with Crippen molar-refractivity contribution in [2.45, 2.75) is 52.0 Å². The molecule has 5 heteroatoms. The number of carbonyl (C=O) groups is 1. The summed E-state index contributed by atoms with van der Waals surface area (Å²) in [6.45, 7) is 10.1. The number of hydrogen-bond acceptors (Lipinski definition) is 4. The minimum atomic E-state index is -1.07. The van der Waals surface area contributed by atoms with E-state index in [1.54, 1.807) is 11.0 Å². The van der Waals surface area contributed by atoms with Crippen LogP contribution in [0.2, 0.25) is 0 Å². The van der Waals surface area contributed by atoms with Crippen molar-refractivity contribution in [3.8, 4) is 0 Å². The molecule has 0 aromatic heterocycles. The van der Waals surface area contributed by atoms with Gasteiger partial charge in [-0.2, -0.15) is 0 Å². The molecule has 1 aliphatic rings. The van der Waals surface area contributed by atoms with Gasteiger partial charge in [-0.25, -0.2) is 0 Å². The molecule has 0 saturated carbocycles. The molecular weight excluding hydrogens is 246 g/mol. The highest BCUT2D eigenvalue weighted by molar-refractivity contribution is 5.75. The zero-order valence-electron chi connectivity index (χ0n) is 12.1. The Kier molecular flexibility index (Phi) is 5.12. The van der Waals surface area contributed by atoms with Gasteiger partial charge in [0.2, 0.25) is 6.41 Å². The predicted octanol–water partition coefficient (Wildman–Crippen LogP) is 1.82. The highest BCUT2D eigenvalue weighted by Gasteiger charge is 2.43. The van der Waals surface area contributed by atoms with Crippen LogP contribution in [-0.4, -0.2) is 46.2 Å². The third-order valence-corrected chi connectivity index (χ3v) is 3.37. The summed E-state index contributed by atoms with van der Waals surface area (Å²) in [4.78, 5) is 13.2. The molecule has 1 fully saturated rings. The van der Waals surface area contributed by atoms with Crippen LogP contribution in [0.25, 0.3) is 0 Å². The minimum Gasteiger partial charge on any atom is -0.481 e. The fraction of sp³-hybridized carbons (Fsp3) is 0.786. The van der Waals surface area contributed by atoms with Crippen LogP contribution in [0.3, 0.4) is 0 Å². The highest BCUT2D eigenvalue weighted by Crippen LogP contribution is 2.35. The third kappa shape index (κ3) is 4.30. The third-order valence-electron chi connectivity index (χ3n) is 3.37. The summed E-state index contributed by atoms with van der Waals surface area (Å²) in [5, 5.41) is 19.5. The number of aliphatic hydroxyl groups is 1. The second-order valence-corrected chi connectivity index (χ2v) is 6.21. The average Bonchev–Trinajstić information content (AvgIpc) is 2.27. The van der Waals surface area contributed by atoms with Crippen molar-refractivity contribution in [3.63, 3.8) is 0 Å². The van der Waals surface area contributed by atoms with Crippen LogP contribution < -0.4 is 0 Å². The van der Waals surface area contributed by atoms with E-state index in [1.165, 1.54) is 0 Å². The molecule has 0 aromatic rings. The zero-order chi connectivity index (χ0) is 14.7. The second kappa shape index (κ2) is 6.03. The molecule has 2 unspecified atom stereocenters. The molecule has 1 rings (SSSR count). The molecule has 1 aliphatic heterocycles. The quantitative estimate of drug-likeness (QED) is 0.589. The molecule has 110 valence electrons. The standard InChI is InChI=1S/C14H25NO4/c1-5-7-14(11(16)17)8-6-9-15(10-14)12(18)19-13(2,3)4/h5,12,18H,1,6-10H2,2-4H3,(H,16,17). The fourth-order valence-corrected chi connectivity index (χ4v) is 2.45. The summed E-state index contributed by atoms with van der Waals surface area (Å²) in [5.41, 5.74) is -1.33. The number of nitrogens with zero attached hydrogens (tertiary/aromatic N) is 1. The van der Waals surface area contributed by atoms with E-state index in [2.05, 4.69) is 6.58 Å². The molecule has 0 radical (unpaired) electrons. The Hall–Kier alpha value is -0.910. The zero-order valence-corrected chi connectivity index (χ0v) is 12.1. The Morgan fingerprint density at radius 1 is 1.58 bits per heavy atom. The summed E-state index contributed by atoms with van der Waals surface area (Å²) in [6.07, 6.45) is 2.30. The molecule has 2 atom stereocenters. The molecule has 0 spiro atoms. The predicted molar refractivity (Wildman–Crippen MR) is 72.5 cm³/mol. The first-order chi connectivity index (χ1) is 8.70. The number of ether oxygens (including phenoxy) is 1. The Morgan fingerprint density at radius 2 is 2.21 bits per heavy atom. The summed E-state index contributed by atoms with van der Waals surface area (Å²) >= 11 is 0. The smallest absolute Gasteiger partial charge is 0.311 e. The molecule has 2 N–H and O–H groups in total. The lowest BCUT2D eigenvalue weighted by molar-refractivity contribution is -0.249.